The van der Waals surface area contributed by atoms with Gasteiger partial charge < -0.3 is 10.6 Å². The molecule has 0 fully saturated rings. The van der Waals surface area contributed by atoms with Crippen molar-refractivity contribution in [3.63, 3.8) is 0 Å². The third-order valence-electron chi connectivity index (χ3n) is 4.91. The lowest BCUT2D eigenvalue weighted by Gasteiger charge is -2.19. The lowest BCUT2D eigenvalue weighted by Crippen LogP contribution is -2.36. The van der Waals surface area contributed by atoms with Crippen LogP contribution in [0.4, 0.5) is 4.79 Å². The molecule has 0 bridgehead atoms. The average Bonchev–Trinajstić information content (AvgIpc) is 2.70. The third-order valence-corrected chi connectivity index (χ3v) is 5.33. The van der Waals surface area contributed by atoms with E-state index < -0.39 is 10.9 Å². The molecule has 2 rings (SSSR count). The van der Waals surface area contributed by atoms with Crippen molar-refractivity contribution < 1.29 is 13.2 Å². The highest BCUT2D eigenvalue weighted by atomic mass is 32.2. The maximum absolute atomic E-state index is 12.3. The highest BCUT2D eigenvalue weighted by Gasteiger charge is 2.14. The number of nitrogens with one attached hydrogen (secondary N) is 3. The van der Waals surface area contributed by atoms with Crippen molar-refractivity contribution in [3.8, 4) is 0 Å². The topological polar surface area (TPSA) is 87.3 Å². The minimum atomic E-state index is -2.65. The molecular formula is C23H31N3O3S. The summed E-state index contributed by atoms with van der Waals surface area (Å²) in [6.45, 7) is 12.8. The summed E-state index contributed by atoms with van der Waals surface area (Å²) in [5.74, 6) is 0. The van der Waals surface area contributed by atoms with Crippen LogP contribution in [0, 0.1) is 0 Å². The molecule has 1 atom stereocenters. The van der Waals surface area contributed by atoms with E-state index in [9.17, 15) is 13.2 Å². The molecular weight excluding hydrogens is 398 g/mol. The van der Waals surface area contributed by atoms with Gasteiger partial charge in [0.25, 0.3) is 0 Å². The lowest BCUT2D eigenvalue weighted by molar-refractivity contribution is 0.237. The standard InChI is InChI=1S/C23H31N3O3S/c1-6-18-13-19(9-10-20(18)15-25-30(28)29)16(2)26-22(27)24-14-17-7-11-21(12-8-17)23(3,4)5/h6-13,16,30H,1,14-15H2,2-5H3,(H2,24,26,27)(H,25,28,29)/t16-/m1/s1. The SMILES string of the molecule is C=Cc1cc([C@@H](C)NC(=O)NCc2ccc(C(C)(C)C)cc2)ccc1CN[SH](=O)=O. The van der Waals surface area contributed by atoms with Gasteiger partial charge in [-0.15, -0.1) is 0 Å². The second kappa shape index (κ2) is 10.4. The van der Waals surface area contributed by atoms with E-state index in [0.717, 1.165) is 22.3 Å². The summed E-state index contributed by atoms with van der Waals surface area (Å²) in [4.78, 5) is 12.3. The fourth-order valence-corrected chi connectivity index (χ4v) is 3.32. The van der Waals surface area contributed by atoms with Gasteiger partial charge in [-0.2, -0.15) is 0 Å². The molecule has 7 heteroatoms. The van der Waals surface area contributed by atoms with Gasteiger partial charge in [0, 0.05) is 13.1 Å². The van der Waals surface area contributed by atoms with E-state index >= 15 is 0 Å². The number of thiol groups is 1. The Bertz CT molecular complexity index is 953. The van der Waals surface area contributed by atoms with Gasteiger partial charge in [-0.1, -0.05) is 69.8 Å². The zero-order valence-corrected chi connectivity index (χ0v) is 18.9. The first-order chi connectivity index (χ1) is 14.1. The molecule has 0 heterocycles. The predicted octanol–water partition coefficient (Wildman–Crippen LogP) is 3.80. The van der Waals surface area contributed by atoms with Crippen molar-refractivity contribution >= 4 is 23.0 Å². The molecule has 0 spiro atoms. The minimum Gasteiger partial charge on any atom is -0.334 e. The van der Waals surface area contributed by atoms with Crippen LogP contribution in [0.3, 0.4) is 0 Å². The van der Waals surface area contributed by atoms with Crippen LogP contribution in [0.2, 0.25) is 0 Å². The molecule has 0 aliphatic rings. The summed E-state index contributed by atoms with van der Waals surface area (Å²) in [5.41, 5.74) is 4.94. The Hall–Kier alpha value is -2.64. The molecule has 30 heavy (non-hydrogen) atoms. The van der Waals surface area contributed by atoms with Gasteiger partial charge in [0.05, 0.1) is 6.04 Å². The number of amides is 2. The van der Waals surface area contributed by atoms with Crippen LogP contribution in [0.15, 0.2) is 49.0 Å². The Labute approximate surface area is 180 Å². The van der Waals surface area contributed by atoms with Crippen molar-refractivity contribution in [3.05, 3.63) is 76.9 Å². The van der Waals surface area contributed by atoms with Gasteiger partial charge in [0.1, 0.15) is 0 Å². The van der Waals surface area contributed by atoms with Crippen molar-refractivity contribution in [1.82, 2.24) is 15.4 Å². The second-order valence-corrected chi connectivity index (χ2v) is 9.08. The van der Waals surface area contributed by atoms with E-state index in [1.165, 1.54) is 5.56 Å². The van der Waals surface area contributed by atoms with E-state index in [4.69, 9.17) is 0 Å². The number of urea groups is 1. The molecule has 162 valence electrons. The molecule has 2 aromatic carbocycles. The molecule has 0 unspecified atom stereocenters. The Kier molecular flexibility index (Phi) is 8.20. The molecule has 0 radical (unpaired) electrons. The molecule has 0 aliphatic carbocycles. The van der Waals surface area contributed by atoms with Gasteiger partial charge in [-0.25, -0.2) is 17.9 Å². The van der Waals surface area contributed by atoms with E-state index in [-0.39, 0.29) is 24.0 Å². The third kappa shape index (κ3) is 7.00. The van der Waals surface area contributed by atoms with Crippen molar-refractivity contribution in [2.75, 3.05) is 0 Å². The normalized spacial score (nSPS) is 12.4. The first-order valence-electron chi connectivity index (χ1n) is 9.87. The molecule has 3 N–H and O–H groups in total. The van der Waals surface area contributed by atoms with Crippen LogP contribution in [-0.4, -0.2) is 14.4 Å². The summed E-state index contributed by atoms with van der Waals surface area (Å²) in [6, 6.07) is 13.4. The van der Waals surface area contributed by atoms with Gasteiger partial charge in [-0.05, 0) is 46.2 Å². The molecule has 2 amide bonds. The van der Waals surface area contributed by atoms with Crippen LogP contribution in [0.25, 0.3) is 6.08 Å². The quantitative estimate of drug-likeness (QED) is 0.481. The summed E-state index contributed by atoms with van der Waals surface area (Å²) < 4.78 is 23.9. The van der Waals surface area contributed by atoms with Gasteiger partial charge in [0.2, 0.25) is 10.9 Å². The van der Waals surface area contributed by atoms with Crippen molar-refractivity contribution in [2.45, 2.75) is 52.2 Å². The number of hydrogen-bond acceptors (Lipinski definition) is 3. The maximum atomic E-state index is 12.3. The highest BCUT2D eigenvalue weighted by Crippen LogP contribution is 2.22. The van der Waals surface area contributed by atoms with Gasteiger partial charge >= 0.3 is 6.03 Å². The zero-order valence-electron chi connectivity index (χ0n) is 18.0. The molecule has 6 nitrogen and oxygen atoms in total. The largest absolute Gasteiger partial charge is 0.334 e. The van der Waals surface area contributed by atoms with Crippen molar-refractivity contribution in [2.24, 2.45) is 0 Å². The Morgan fingerprint density at radius 2 is 1.77 bits per heavy atom. The first kappa shape index (κ1) is 23.6. The monoisotopic (exact) mass is 429 g/mol. The molecule has 0 saturated carbocycles. The van der Waals surface area contributed by atoms with Crippen LogP contribution < -0.4 is 15.4 Å². The van der Waals surface area contributed by atoms with Gasteiger partial charge in [-0.3, -0.25) is 0 Å². The number of carbonyl (C=O) groups is 1. The van der Waals surface area contributed by atoms with E-state index in [0.29, 0.717) is 6.54 Å². The fraction of sp³-hybridized carbons (Fsp3) is 0.348. The highest BCUT2D eigenvalue weighted by molar-refractivity contribution is 7.70. The number of benzene rings is 2. The average molecular weight is 430 g/mol. The van der Waals surface area contributed by atoms with E-state index in [1.807, 2.05) is 37.3 Å². The van der Waals surface area contributed by atoms with E-state index in [1.54, 1.807) is 6.08 Å². The number of carbonyl (C=O) groups excluding carboxylic acids is 1. The Balaban J connectivity index is 1.94. The molecule has 0 aliphatic heterocycles. The number of hydrogen-bond donors (Lipinski definition) is 4. The summed E-state index contributed by atoms with van der Waals surface area (Å²) >= 11 is 0. The van der Waals surface area contributed by atoms with Crippen LogP contribution in [-0.2, 0) is 29.4 Å². The first-order valence-corrected chi connectivity index (χ1v) is 11.0. The predicted molar refractivity (Wildman–Crippen MR) is 123 cm³/mol. The molecule has 0 aromatic heterocycles. The Morgan fingerprint density at radius 3 is 2.33 bits per heavy atom. The summed E-state index contributed by atoms with van der Waals surface area (Å²) in [5, 5.41) is 5.81. The smallest absolute Gasteiger partial charge is 0.315 e. The lowest BCUT2D eigenvalue weighted by atomic mass is 9.87. The fourth-order valence-electron chi connectivity index (χ4n) is 3.02. The second-order valence-electron chi connectivity index (χ2n) is 8.25. The van der Waals surface area contributed by atoms with Gasteiger partial charge in [0.15, 0.2) is 0 Å². The summed E-state index contributed by atoms with van der Waals surface area (Å²) in [7, 11) is -2.65. The minimum absolute atomic E-state index is 0.0985. The maximum Gasteiger partial charge on any atom is 0.315 e. The Morgan fingerprint density at radius 1 is 1.10 bits per heavy atom. The van der Waals surface area contributed by atoms with Crippen LogP contribution in [0.1, 0.15) is 61.6 Å². The molecule has 0 saturated heterocycles. The van der Waals surface area contributed by atoms with Crippen molar-refractivity contribution in [1.29, 1.82) is 0 Å². The summed E-state index contributed by atoms with van der Waals surface area (Å²) in [6.07, 6.45) is 1.67. The molecule has 2 aromatic rings. The zero-order chi connectivity index (χ0) is 22.3. The van der Waals surface area contributed by atoms with E-state index in [2.05, 4.69) is 54.8 Å². The number of rotatable bonds is 8. The van der Waals surface area contributed by atoms with Crippen LogP contribution in [0.5, 0.6) is 0 Å². The van der Waals surface area contributed by atoms with Crippen LogP contribution >= 0.6 is 0 Å².